The van der Waals surface area contributed by atoms with Gasteiger partial charge in [-0.05, 0) is 17.7 Å². The number of anilines is 1. The van der Waals surface area contributed by atoms with Crippen LogP contribution in [0, 0.1) is 0 Å². The maximum atomic E-state index is 5.94. The minimum absolute atomic E-state index is 0.323. The predicted octanol–water partition coefficient (Wildman–Crippen LogP) is 3.23. The largest absolute Gasteiger partial charge is 0.495 e. The average Bonchev–Trinajstić information content (AvgIpc) is 2.54. The van der Waals surface area contributed by atoms with Gasteiger partial charge in [-0.2, -0.15) is 0 Å². The van der Waals surface area contributed by atoms with Crippen LogP contribution in [0.1, 0.15) is 18.4 Å². The van der Waals surface area contributed by atoms with Crippen molar-refractivity contribution >= 4 is 11.6 Å². The van der Waals surface area contributed by atoms with Gasteiger partial charge in [-0.3, -0.25) is 4.99 Å². The number of nitrogens with zero attached hydrogens (tertiary/aromatic N) is 1. The molecule has 0 spiro atoms. The summed E-state index contributed by atoms with van der Waals surface area (Å²) < 4.78 is 5.27. The van der Waals surface area contributed by atoms with Crippen LogP contribution in [0.25, 0.3) is 0 Å². The number of guanidine groups is 1. The van der Waals surface area contributed by atoms with E-state index in [1.807, 2.05) is 42.5 Å². The average molecular weight is 283 g/mol. The number of benzene rings is 2. The number of hydrogen-bond acceptors (Lipinski definition) is 2. The molecule has 0 amide bonds. The van der Waals surface area contributed by atoms with Gasteiger partial charge in [-0.1, -0.05) is 49.4 Å². The van der Waals surface area contributed by atoms with E-state index in [-0.39, 0.29) is 0 Å². The first-order chi connectivity index (χ1) is 10.2. The molecule has 3 N–H and O–H groups in total. The molecule has 0 saturated carbocycles. The van der Waals surface area contributed by atoms with E-state index >= 15 is 0 Å². The Morgan fingerprint density at radius 1 is 1.14 bits per heavy atom. The van der Waals surface area contributed by atoms with Gasteiger partial charge in [0.05, 0.1) is 12.8 Å². The highest BCUT2D eigenvalue weighted by atomic mass is 16.5. The number of nitrogens with two attached hydrogens (primary N) is 1. The zero-order valence-corrected chi connectivity index (χ0v) is 12.4. The van der Waals surface area contributed by atoms with Crippen LogP contribution < -0.4 is 15.8 Å². The van der Waals surface area contributed by atoms with Crippen molar-refractivity contribution in [3.8, 4) is 5.75 Å². The van der Waals surface area contributed by atoms with E-state index in [9.17, 15) is 0 Å². The highest BCUT2D eigenvalue weighted by Crippen LogP contribution is 2.22. The van der Waals surface area contributed by atoms with Gasteiger partial charge in [-0.25, -0.2) is 0 Å². The Kier molecular flexibility index (Phi) is 5.21. The summed E-state index contributed by atoms with van der Waals surface area (Å²) >= 11 is 0. The lowest BCUT2D eigenvalue weighted by atomic mass is 10.0. The molecule has 0 aromatic heterocycles. The van der Waals surface area contributed by atoms with Crippen molar-refractivity contribution in [3.05, 3.63) is 60.2 Å². The summed E-state index contributed by atoms with van der Waals surface area (Å²) in [5.41, 5.74) is 8.01. The Morgan fingerprint density at radius 2 is 1.81 bits per heavy atom. The van der Waals surface area contributed by atoms with Crippen molar-refractivity contribution in [1.82, 2.24) is 0 Å². The second-order valence-corrected chi connectivity index (χ2v) is 4.86. The SMILES string of the molecule is COc1ccccc1NC(N)=NCC(C)c1ccccc1. The van der Waals surface area contributed by atoms with Gasteiger partial charge in [0.15, 0.2) is 5.96 Å². The molecule has 0 heterocycles. The summed E-state index contributed by atoms with van der Waals surface area (Å²) in [7, 11) is 1.63. The molecule has 110 valence electrons. The van der Waals surface area contributed by atoms with Crippen LogP contribution in [-0.2, 0) is 0 Å². The van der Waals surface area contributed by atoms with E-state index in [0.29, 0.717) is 18.4 Å². The highest BCUT2D eigenvalue weighted by molar-refractivity contribution is 5.93. The summed E-state index contributed by atoms with van der Waals surface area (Å²) in [5.74, 6) is 1.46. The lowest BCUT2D eigenvalue weighted by Gasteiger charge is -2.12. The zero-order valence-electron chi connectivity index (χ0n) is 12.4. The smallest absolute Gasteiger partial charge is 0.193 e. The molecule has 0 fully saturated rings. The molecule has 2 rings (SSSR count). The van der Waals surface area contributed by atoms with Crippen molar-refractivity contribution in [2.45, 2.75) is 12.8 Å². The quantitative estimate of drug-likeness (QED) is 0.654. The molecule has 2 aromatic rings. The van der Waals surface area contributed by atoms with Gasteiger partial charge in [0.25, 0.3) is 0 Å². The number of hydrogen-bond donors (Lipinski definition) is 2. The first-order valence-electron chi connectivity index (χ1n) is 6.95. The van der Waals surface area contributed by atoms with Crippen LogP contribution in [0.2, 0.25) is 0 Å². The molecule has 0 saturated heterocycles. The third-order valence-electron chi connectivity index (χ3n) is 3.27. The summed E-state index contributed by atoms with van der Waals surface area (Å²) in [6.07, 6.45) is 0. The van der Waals surface area contributed by atoms with Crippen LogP contribution in [0.5, 0.6) is 5.75 Å². The molecule has 0 aliphatic heterocycles. The van der Waals surface area contributed by atoms with Gasteiger partial charge in [0.1, 0.15) is 5.75 Å². The Morgan fingerprint density at radius 3 is 2.52 bits per heavy atom. The fraction of sp³-hybridized carbons (Fsp3) is 0.235. The molecule has 0 radical (unpaired) electrons. The van der Waals surface area contributed by atoms with Gasteiger partial charge >= 0.3 is 0 Å². The van der Waals surface area contributed by atoms with E-state index in [0.717, 1.165) is 11.4 Å². The minimum atomic E-state index is 0.323. The van der Waals surface area contributed by atoms with E-state index in [4.69, 9.17) is 10.5 Å². The Balaban J connectivity index is 1.98. The molecule has 2 aromatic carbocycles. The predicted molar refractivity (Wildman–Crippen MR) is 88.0 cm³/mol. The van der Waals surface area contributed by atoms with Crippen molar-refractivity contribution in [1.29, 1.82) is 0 Å². The molecular weight excluding hydrogens is 262 g/mol. The number of ether oxygens (including phenoxy) is 1. The second-order valence-electron chi connectivity index (χ2n) is 4.86. The molecule has 4 nitrogen and oxygen atoms in total. The highest BCUT2D eigenvalue weighted by Gasteiger charge is 2.05. The summed E-state index contributed by atoms with van der Waals surface area (Å²) in [4.78, 5) is 4.40. The monoisotopic (exact) mass is 283 g/mol. The standard InChI is InChI=1S/C17H21N3O/c1-13(14-8-4-3-5-9-14)12-19-17(18)20-15-10-6-7-11-16(15)21-2/h3-11,13H,12H2,1-2H3,(H3,18,19,20). The van der Waals surface area contributed by atoms with Gasteiger partial charge < -0.3 is 15.8 Å². The lowest BCUT2D eigenvalue weighted by molar-refractivity contribution is 0.417. The van der Waals surface area contributed by atoms with Crippen LogP contribution in [-0.4, -0.2) is 19.6 Å². The minimum Gasteiger partial charge on any atom is -0.495 e. The molecule has 21 heavy (non-hydrogen) atoms. The summed E-state index contributed by atoms with van der Waals surface area (Å²) in [5, 5.41) is 3.07. The molecular formula is C17H21N3O. The number of nitrogens with one attached hydrogen (secondary N) is 1. The summed E-state index contributed by atoms with van der Waals surface area (Å²) in [6.45, 7) is 2.77. The number of aliphatic imine (C=N–C) groups is 1. The van der Waals surface area contributed by atoms with Crippen LogP contribution >= 0.6 is 0 Å². The Hall–Kier alpha value is -2.49. The van der Waals surface area contributed by atoms with E-state index in [2.05, 4.69) is 29.4 Å². The molecule has 0 aliphatic carbocycles. The number of methoxy groups -OCH3 is 1. The third-order valence-corrected chi connectivity index (χ3v) is 3.27. The molecule has 1 unspecified atom stereocenters. The molecule has 0 bridgehead atoms. The fourth-order valence-electron chi connectivity index (χ4n) is 2.05. The van der Waals surface area contributed by atoms with Crippen molar-refractivity contribution in [2.24, 2.45) is 10.7 Å². The number of rotatable bonds is 5. The molecule has 4 heteroatoms. The maximum absolute atomic E-state index is 5.94. The van der Waals surface area contributed by atoms with Crippen LogP contribution in [0.4, 0.5) is 5.69 Å². The Bertz CT molecular complexity index is 596. The van der Waals surface area contributed by atoms with Crippen LogP contribution in [0.15, 0.2) is 59.6 Å². The first kappa shape index (κ1) is 14.9. The first-order valence-corrected chi connectivity index (χ1v) is 6.95. The topological polar surface area (TPSA) is 59.6 Å². The normalized spacial score (nSPS) is 12.8. The van der Waals surface area contributed by atoms with Crippen molar-refractivity contribution in [2.75, 3.05) is 19.0 Å². The molecule has 1 atom stereocenters. The number of para-hydroxylation sites is 2. The lowest BCUT2D eigenvalue weighted by Crippen LogP contribution is -2.23. The van der Waals surface area contributed by atoms with E-state index in [1.165, 1.54) is 5.56 Å². The van der Waals surface area contributed by atoms with Gasteiger partial charge in [-0.15, -0.1) is 0 Å². The van der Waals surface area contributed by atoms with E-state index in [1.54, 1.807) is 7.11 Å². The second kappa shape index (κ2) is 7.33. The molecule has 0 aliphatic rings. The third kappa shape index (κ3) is 4.24. The fourth-order valence-corrected chi connectivity index (χ4v) is 2.05. The Labute approximate surface area is 125 Å². The van der Waals surface area contributed by atoms with Crippen molar-refractivity contribution in [3.63, 3.8) is 0 Å². The van der Waals surface area contributed by atoms with Crippen LogP contribution in [0.3, 0.4) is 0 Å². The summed E-state index contributed by atoms with van der Waals surface area (Å²) in [6, 6.07) is 17.9. The maximum Gasteiger partial charge on any atom is 0.193 e. The zero-order chi connectivity index (χ0) is 15.1. The van der Waals surface area contributed by atoms with Gasteiger partial charge in [0.2, 0.25) is 0 Å². The van der Waals surface area contributed by atoms with Crippen molar-refractivity contribution < 1.29 is 4.74 Å². The van der Waals surface area contributed by atoms with Gasteiger partial charge in [0, 0.05) is 12.5 Å². The van der Waals surface area contributed by atoms with E-state index < -0.39 is 0 Å².